The van der Waals surface area contributed by atoms with Crippen LogP contribution in [0.2, 0.25) is 0 Å². The molecule has 0 aromatic heterocycles. The summed E-state index contributed by atoms with van der Waals surface area (Å²) in [7, 11) is 0. The zero-order valence-electron chi connectivity index (χ0n) is 10.5. The maximum absolute atomic E-state index is 12.9. The van der Waals surface area contributed by atoms with Crippen LogP contribution in [0.25, 0.3) is 0 Å². The minimum atomic E-state index is -6.28. The van der Waals surface area contributed by atoms with E-state index >= 15 is 0 Å². The maximum atomic E-state index is 12.9. The smallest absolute Gasteiger partial charge is 0.381 e. The summed E-state index contributed by atoms with van der Waals surface area (Å²) in [5.41, 5.74) is 0. The van der Waals surface area contributed by atoms with Crippen LogP contribution in [0, 0.1) is 0 Å². The monoisotopic (exact) mass is 312 g/mol. The molecule has 1 aliphatic heterocycles. The Bertz CT molecular complexity index is 298. The van der Waals surface area contributed by atoms with Gasteiger partial charge in [-0.15, -0.1) is 0 Å². The number of alkyl halides is 7. The lowest BCUT2D eigenvalue weighted by atomic mass is 10.1. The summed E-state index contributed by atoms with van der Waals surface area (Å²) in [4.78, 5) is 0. The molecule has 20 heavy (non-hydrogen) atoms. The third-order valence-corrected chi connectivity index (χ3v) is 2.98. The number of hydrogen-bond acceptors (Lipinski definition) is 2. The first-order valence-electron chi connectivity index (χ1n) is 6.09. The lowest BCUT2D eigenvalue weighted by Crippen LogP contribution is -2.52. The Hall–Kier alpha value is -0.570. The summed E-state index contributed by atoms with van der Waals surface area (Å²) in [5, 5.41) is 0. The van der Waals surface area contributed by atoms with Gasteiger partial charge in [-0.2, -0.15) is 30.7 Å². The molecule has 0 radical (unpaired) electrons. The lowest BCUT2D eigenvalue weighted by Gasteiger charge is -2.28. The highest BCUT2D eigenvalue weighted by atomic mass is 19.4. The highest BCUT2D eigenvalue weighted by Crippen LogP contribution is 2.47. The molecule has 1 saturated heterocycles. The second kappa shape index (κ2) is 6.46. The lowest BCUT2D eigenvalue weighted by molar-refractivity contribution is -0.356. The number of ether oxygens (including phenoxy) is 2. The van der Waals surface area contributed by atoms with Gasteiger partial charge in [0.15, 0.2) is 0 Å². The third kappa shape index (κ3) is 4.21. The van der Waals surface area contributed by atoms with Crippen LogP contribution in [-0.4, -0.2) is 43.9 Å². The molecule has 0 bridgehead atoms. The van der Waals surface area contributed by atoms with E-state index in [4.69, 9.17) is 4.74 Å². The Balaban J connectivity index is 2.28. The normalized spacial score (nSPS) is 21.4. The second-order valence-corrected chi connectivity index (χ2v) is 4.56. The van der Waals surface area contributed by atoms with Gasteiger partial charge in [-0.05, 0) is 19.3 Å². The van der Waals surface area contributed by atoms with Crippen LogP contribution < -0.4 is 0 Å². The van der Waals surface area contributed by atoms with E-state index in [0.717, 1.165) is 12.8 Å². The van der Waals surface area contributed by atoms with E-state index < -0.39 is 31.0 Å². The Kier molecular flexibility index (Phi) is 5.65. The fourth-order valence-corrected chi connectivity index (χ4v) is 1.75. The quantitative estimate of drug-likeness (QED) is 0.526. The molecule has 0 amide bonds. The number of rotatable bonds is 7. The van der Waals surface area contributed by atoms with Gasteiger partial charge in [-0.25, -0.2) is 0 Å². The molecule has 1 atom stereocenters. The van der Waals surface area contributed by atoms with Gasteiger partial charge >= 0.3 is 18.0 Å². The van der Waals surface area contributed by atoms with E-state index in [1.165, 1.54) is 0 Å². The zero-order valence-corrected chi connectivity index (χ0v) is 10.5. The van der Waals surface area contributed by atoms with Crippen molar-refractivity contribution in [3.63, 3.8) is 0 Å². The van der Waals surface area contributed by atoms with Gasteiger partial charge in [-0.1, -0.05) is 0 Å². The van der Waals surface area contributed by atoms with Crippen molar-refractivity contribution in [2.75, 3.05) is 19.8 Å². The highest BCUT2D eigenvalue weighted by Gasteiger charge is 2.72. The van der Waals surface area contributed by atoms with E-state index in [1.807, 2.05) is 0 Å². The number of hydrogen-bond donors (Lipinski definition) is 0. The predicted octanol–water partition coefficient (Wildman–Crippen LogP) is 3.80. The summed E-state index contributed by atoms with van der Waals surface area (Å²) in [6.45, 7) is -0.287. The predicted molar refractivity (Wildman–Crippen MR) is 55.0 cm³/mol. The van der Waals surface area contributed by atoms with Gasteiger partial charge in [0.1, 0.15) is 0 Å². The van der Waals surface area contributed by atoms with E-state index in [-0.39, 0.29) is 12.7 Å². The molecule has 2 nitrogen and oxygen atoms in total. The molecule has 0 spiro atoms. The van der Waals surface area contributed by atoms with E-state index in [2.05, 4.69) is 4.74 Å². The fraction of sp³-hybridized carbons (Fsp3) is 1.00. The van der Waals surface area contributed by atoms with Crippen LogP contribution >= 0.6 is 0 Å². The molecule has 0 aliphatic carbocycles. The molecule has 1 fully saturated rings. The maximum Gasteiger partial charge on any atom is 0.459 e. The summed E-state index contributed by atoms with van der Waals surface area (Å²) in [6.07, 6.45) is -5.96. The molecule has 9 heteroatoms. The molecular weight excluding hydrogens is 297 g/mol. The van der Waals surface area contributed by atoms with Crippen molar-refractivity contribution in [1.82, 2.24) is 0 Å². The fourth-order valence-electron chi connectivity index (χ4n) is 1.75. The van der Waals surface area contributed by atoms with Crippen molar-refractivity contribution in [3.05, 3.63) is 0 Å². The highest BCUT2D eigenvalue weighted by molar-refractivity contribution is 4.90. The van der Waals surface area contributed by atoms with Crippen molar-refractivity contribution in [3.8, 4) is 0 Å². The molecule has 1 rings (SSSR count). The average Bonchev–Trinajstić information content (AvgIpc) is 2.79. The minimum absolute atomic E-state index is 0.0155. The van der Waals surface area contributed by atoms with Gasteiger partial charge in [0.05, 0.1) is 12.7 Å². The molecule has 0 aromatic rings. The van der Waals surface area contributed by atoms with Crippen molar-refractivity contribution >= 4 is 0 Å². The third-order valence-electron chi connectivity index (χ3n) is 2.98. The van der Waals surface area contributed by atoms with Gasteiger partial charge in [0.25, 0.3) is 0 Å². The van der Waals surface area contributed by atoms with Crippen LogP contribution in [0.3, 0.4) is 0 Å². The average molecular weight is 312 g/mol. The van der Waals surface area contributed by atoms with Gasteiger partial charge in [0.2, 0.25) is 0 Å². The molecule has 1 unspecified atom stereocenters. The first-order chi connectivity index (χ1) is 9.08. The van der Waals surface area contributed by atoms with Crippen molar-refractivity contribution in [2.24, 2.45) is 0 Å². The summed E-state index contributed by atoms with van der Waals surface area (Å²) in [5.74, 6) is -11.2. The Morgan fingerprint density at radius 2 is 1.65 bits per heavy atom. The van der Waals surface area contributed by atoms with Crippen LogP contribution in [0.1, 0.15) is 25.7 Å². The Morgan fingerprint density at radius 1 is 1.00 bits per heavy atom. The summed E-state index contributed by atoms with van der Waals surface area (Å²) >= 11 is 0. The number of halogens is 7. The first-order valence-corrected chi connectivity index (χ1v) is 6.09. The van der Waals surface area contributed by atoms with Crippen LogP contribution in [0.15, 0.2) is 0 Å². The molecule has 0 N–H and O–H groups in total. The standard InChI is InChI=1S/C11H15F7O2/c12-9(13,10(14,15)11(16,17)18)4-7-19-6-3-8-2-1-5-20-8/h8H,1-7H2. The molecule has 1 aliphatic rings. The molecule has 0 saturated carbocycles. The van der Waals surface area contributed by atoms with Crippen LogP contribution in [0.4, 0.5) is 30.7 Å². The minimum Gasteiger partial charge on any atom is -0.381 e. The van der Waals surface area contributed by atoms with Gasteiger partial charge < -0.3 is 9.47 Å². The second-order valence-electron chi connectivity index (χ2n) is 4.56. The first kappa shape index (κ1) is 17.5. The topological polar surface area (TPSA) is 18.5 Å². The van der Waals surface area contributed by atoms with Crippen LogP contribution in [-0.2, 0) is 9.47 Å². The summed E-state index contributed by atoms with van der Waals surface area (Å²) in [6, 6.07) is 0. The van der Waals surface area contributed by atoms with Crippen LogP contribution in [0.5, 0.6) is 0 Å². The van der Waals surface area contributed by atoms with Gasteiger partial charge in [0, 0.05) is 19.6 Å². The SMILES string of the molecule is FC(F)(F)C(F)(F)C(F)(F)CCOCCC1CCCO1. The Morgan fingerprint density at radius 3 is 2.15 bits per heavy atom. The molecule has 1 heterocycles. The Labute approximate surface area is 111 Å². The zero-order chi connectivity index (χ0) is 15.4. The van der Waals surface area contributed by atoms with E-state index in [0.29, 0.717) is 13.0 Å². The summed E-state index contributed by atoms with van der Waals surface area (Å²) < 4.78 is 96.1. The van der Waals surface area contributed by atoms with Crippen molar-refractivity contribution < 1.29 is 40.2 Å². The largest absolute Gasteiger partial charge is 0.459 e. The molecule has 0 aromatic carbocycles. The van der Waals surface area contributed by atoms with Gasteiger partial charge in [-0.3, -0.25) is 0 Å². The van der Waals surface area contributed by atoms with E-state index in [9.17, 15) is 30.7 Å². The molecular formula is C11H15F7O2. The molecule has 120 valence electrons. The van der Waals surface area contributed by atoms with Crippen molar-refractivity contribution in [2.45, 2.75) is 49.8 Å². The van der Waals surface area contributed by atoms with Crippen molar-refractivity contribution in [1.29, 1.82) is 0 Å². The van der Waals surface area contributed by atoms with E-state index in [1.54, 1.807) is 0 Å².